The van der Waals surface area contributed by atoms with Gasteiger partial charge in [0.1, 0.15) is 0 Å². The van der Waals surface area contributed by atoms with Crippen molar-refractivity contribution in [2.75, 3.05) is 11.9 Å². The van der Waals surface area contributed by atoms with Crippen molar-refractivity contribution in [2.24, 2.45) is 5.41 Å². The van der Waals surface area contributed by atoms with E-state index in [9.17, 15) is 0 Å². The molecule has 0 atom stereocenters. The van der Waals surface area contributed by atoms with Gasteiger partial charge in [-0.25, -0.2) is 4.52 Å². The van der Waals surface area contributed by atoms with Gasteiger partial charge in [0.2, 0.25) is 5.95 Å². The molecule has 0 aliphatic heterocycles. The molecule has 1 N–H and O–H groups in total. The maximum absolute atomic E-state index is 4.47. The van der Waals surface area contributed by atoms with E-state index >= 15 is 0 Å². The van der Waals surface area contributed by atoms with E-state index in [4.69, 9.17) is 0 Å². The van der Waals surface area contributed by atoms with Gasteiger partial charge in [-0.2, -0.15) is 4.98 Å². The topological polar surface area (TPSA) is 42.2 Å². The summed E-state index contributed by atoms with van der Waals surface area (Å²) in [5.41, 5.74) is 1.31. The molecular weight excluding hydrogens is 224 g/mol. The van der Waals surface area contributed by atoms with Crippen molar-refractivity contribution >= 4 is 11.6 Å². The van der Waals surface area contributed by atoms with E-state index < -0.39 is 0 Å². The number of anilines is 1. The van der Waals surface area contributed by atoms with Crippen molar-refractivity contribution in [3.63, 3.8) is 0 Å². The second kappa shape index (κ2) is 4.59. The number of nitrogens with one attached hydrogen (secondary N) is 1. The molecule has 1 saturated carbocycles. The summed E-state index contributed by atoms with van der Waals surface area (Å²) in [5.74, 6) is 0.744. The zero-order valence-corrected chi connectivity index (χ0v) is 10.9. The van der Waals surface area contributed by atoms with Crippen LogP contribution < -0.4 is 5.32 Å². The third-order valence-corrected chi connectivity index (χ3v) is 3.98. The minimum absolute atomic E-state index is 0.412. The number of nitrogens with zero attached hydrogens (tertiary/aromatic N) is 3. The summed E-state index contributed by atoms with van der Waals surface area (Å²) in [7, 11) is 0. The lowest BCUT2D eigenvalue weighted by Crippen LogP contribution is -2.29. The van der Waals surface area contributed by atoms with E-state index in [1.54, 1.807) is 0 Å². The molecule has 96 valence electrons. The molecule has 0 unspecified atom stereocenters. The molecule has 0 radical (unpaired) electrons. The van der Waals surface area contributed by atoms with Gasteiger partial charge < -0.3 is 5.32 Å². The second-order valence-electron chi connectivity index (χ2n) is 5.66. The van der Waals surface area contributed by atoms with E-state index in [2.05, 4.69) is 22.3 Å². The van der Waals surface area contributed by atoms with Crippen LogP contribution in [0, 0.1) is 5.41 Å². The number of pyridine rings is 1. The number of rotatable bonds is 3. The normalized spacial score (nSPS) is 18.9. The van der Waals surface area contributed by atoms with Gasteiger partial charge >= 0.3 is 0 Å². The van der Waals surface area contributed by atoms with Crippen molar-refractivity contribution in [1.82, 2.24) is 14.6 Å². The molecule has 0 amide bonds. The SMILES string of the molecule is CC1(CNc2nc3ccccn3n2)CCCCC1. The molecule has 2 aromatic heterocycles. The molecule has 1 aliphatic carbocycles. The highest BCUT2D eigenvalue weighted by atomic mass is 15.3. The Hall–Kier alpha value is -1.58. The molecule has 4 nitrogen and oxygen atoms in total. The first-order chi connectivity index (χ1) is 8.75. The first kappa shape index (κ1) is 11.5. The Morgan fingerprint density at radius 2 is 2.11 bits per heavy atom. The molecule has 0 aromatic carbocycles. The number of aromatic nitrogens is 3. The number of hydrogen-bond donors (Lipinski definition) is 1. The Balaban J connectivity index is 1.69. The monoisotopic (exact) mass is 244 g/mol. The lowest BCUT2D eigenvalue weighted by atomic mass is 9.76. The van der Waals surface area contributed by atoms with E-state index in [0.717, 1.165) is 18.1 Å². The molecule has 0 bridgehead atoms. The fourth-order valence-corrected chi connectivity index (χ4v) is 2.78. The third-order valence-electron chi connectivity index (χ3n) is 3.98. The Morgan fingerprint density at radius 3 is 2.89 bits per heavy atom. The molecule has 0 spiro atoms. The Morgan fingerprint density at radius 1 is 1.28 bits per heavy atom. The van der Waals surface area contributed by atoms with Crippen LogP contribution in [-0.4, -0.2) is 21.1 Å². The van der Waals surface area contributed by atoms with Gasteiger partial charge in [-0.1, -0.05) is 32.3 Å². The van der Waals surface area contributed by atoms with Crippen molar-refractivity contribution in [1.29, 1.82) is 0 Å². The third kappa shape index (κ3) is 2.33. The van der Waals surface area contributed by atoms with Crippen LogP contribution in [-0.2, 0) is 0 Å². The van der Waals surface area contributed by atoms with Crippen LogP contribution in [0.2, 0.25) is 0 Å². The van der Waals surface area contributed by atoms with Crippen molar-refractivity contribution in [3.8, 4) is 0 Å². The van der Waals surface area contributed by atoms with E-state index in [1.807, 2.05) is 28.9 Å². The first-order valence-corrected chi connectivity index (χ1v) is 6.81. The van der Waals surface area contributed by atoms with Crippen LogP contribution in [0.5, 0.6) is 0 Å². The largest absolute Gasteiger partial charge is 0.352 e. The molecule has 4 heteroatoms. The van der Waals surface area contributed by atoms with Crippen LogP contribution in [0.1, 0.15) is 39.0 Å². The summed E-state index contributed by atoms with van der Waals surface area (Å²) in [6.45, 7) is 3.35. The summed E-state index contributed by atoms with van der Waals surface area (Å²) in [6.07, 6.45) is 8.66. The van der Waals surface area contributed by atoms with Gasteiger partial charge in [0, 0.05) is 12.7 Å². The second-order valence-corrected chi connectivity index (χ2v) is 5.66. The van der Waals surface area contributed by atoms with E-state index in [-0.39, 0.29) is 0 Å². The smallest absolute Gasteiger partial charge is 0.243 e. The predicted molar refractivity (Wildman–Crippen MR) is 72.7 cm³/mol. The highest BCUT2D eigenvalue weighted by molar-refractivity contribution is 5.42. The van der Waals surface area contributed by atoms with Crippen molar-refractivity contribution < 1.29 is 0 Å². The lowest BCUT2D eigenvalue weighted by molar-refractivity contribution is 0.233. The number of fused-ring (bicyclic) bond motifs is 1. The standard InChI is InChI=1S/C14H20N4/c1-14(8-4-2-5-9-14)11-15-13-16-12-7-3-6-10-18(12)17-13/h3,6-7,10H,2,4-5,8-9,11H2,1H3,(H,15,17). The summed E-state index contributed by atoms with van der Waals surface area (Å²) in [4.78, 5) is 4.47. The van der Waals surface area contributed by atoms with Crippen LogP contribution in [0.4, 0.5) is 5.95 Å². The van der Waals surface area contributed by atoms with Crippen molar-refractivity contribution in [2.45, 2.75) is 39.0 Å². The van der Waals surface area contributed by atoms with Gasteiger partial charge in [0.05, 0.1) is 0 Å². The molecular formula is C14H20N4. The quantitative estimate of drug-likeness (QED) is 0.902. The lowest BCUT2D eigenvalue weighted by Gasteiger charge is -2.33. The summed E-state index contributed by atoms with van der Waals surface area (Å²) in [6, 6.07) is 5.92. The van der Waals surface area contributed by atoms with Gasteiger partial charge in [-0.05, 0) is 30.4 Å². The summed E-state index contributed by atoms with van der Waals surface area (Å²) < 4.78 is 1.81. The molecule has 0 saturated heterocycles. The van der Waals surface area contributed by atoms with Crippen molar-refractivity contribution in [3.05, 3.63) is 24.4 Å². The highest BCUT2D eigenvalue weighted by Gasteiger charge is 2.26. The van der Waals surface area contributed by atoms with Crippen LogP contribution in [0.25, 0.3) is 5.65 Å². The van der Waals surface area contributed by atoms with Gasteiger partial charge in [0.15, 0.2) is 5.65 Å². The number of hydrogen-bond acceptors (Lipinski definition) is 3. The Kier molecular flexibility index (Phi) is 2.94. The zero-order valence-electron chi connectivity index (χ0n) is 10.9. The molecule has 1 fully saturated rings. The maximum atomic E-state index is 4.47. The molecule has 3 rings (SSSR count). The average molecular weight is 244 g/mol. The fraction of sp³-hybridized carbons (Fsp3) is 0.571. The molecule has 2 heterocycles. The van der Waals surface area contributed by atoms with Gasteiger partial charge in [-0.3, -0.25) is 0 Å². The maximum Gasteiger partial charge on any atom is 0.243 e. The zero-order chi connectivity index (χ0) is 12.4. The summed E-state index contributed by atoms with van der Waals surface area (Å²) >= 11 is 0. The molecule has 1 aliphatic rings. The first-order valence-electron chi connectivity index (χ1n) is 6.81. The van der Waals surface area contributed by atoms with Crippen LogP contribution >= 0.6 is 0 Å². The minimum Gasteiger partial charge on any atom is -0.352 e. The Bertz CT molecular complexity index is 492. The molecule has 2 aromatic rings. The Labute approximate surface area is 107 Å². The van der Waals surface area contributed by atoms with Crippen LogP contribution in [0.3, 0.4) is 0 Å². The fourth-order valence-electron chi connectivity index (χ4n) is 2.78. The summed E-state index contributed by atoms with van der Waals surface area (Å²) in [5, 5.41) is 7.82. The van der Waals surface area contributed by atoms with E-state index in [1.165, 1.54) is 32.1 Å². The predicted octanol–water partition coefficient (Wildman–Crippen LogP) is 3.11. The average Bonchev–Trinajstić information content (AvgIpc) is 2.80. The van der Waals surface area contributed by atoms with Crippen LogP contribution in [0.15, 0.2) is 24.4 Å². The van der Waals surface area contributed by atoms with E-state index in [0.29, 0.717) is 5.41 Å². The van der Waals surface area contributed by atoms with Gasteiger partial charge in [0.25, 0.3) is 0 Å². The van der Waals surface area contributed by atoms with Gasteiger partial charge in [-0.15, -0.1) is 5.10 Å². The highest BCUT2D eigenvalue weighted by Crippen LogP contribution is 2.35. The minimum atomic E-state index is 0.412. The molecule has 18 heavy (non-hydrogen) atoms.